The zero-order chi connectivity index (χ0) is 13.0. The molecule has 1 fully saturated rings. The van der Waals surface area contributed by atoms with Crippen molar-refractivity contribution < 1.29 is 9.31 Å². The second-order valence-electron chi connectivity index (χ2n) is 5.53. The van der Waals surface area contributed by atoms with Crippen molar-refractivity contribution in [3.05, 3.63) is 14.2 Å². The van der Waals surface area contributed by atoms with Crippen LogP contribution in [0.15, 0.2) is 4.47 Å². The molecule has 2 nitrogen and oxygen atoms in total. The van der Waals surface area contributed by atoms with Gasteiger partial charge in [0.05, 0.1) is 11.2 Å². The molecule has 5 heteroatoms. The van der Waals surface area contributed by atoms with E-state index >= 15 is 0 Å². The number of halogens is 1. The molecule has 1 aliphatic heterocycles. The predicted octanol–water partition coefficient (Wildman–Crippen LogP) is 3.43. The van der Waals surface area contributed by atoms with Crippen LogP contribution in [0.4, 0.5) is 0 Å². The lowest BCUT2D eigenvalue weighted by molar-refractivity contribution is 0.00578. The Balaban J connectivity index is 2.39. The fourth-order valence-corrected chi connectivity index (χ4v) is 3.73. The lowest BCUT2D eigenvalue weighted by Crippen LogP contribution is -2.41. The molecule has 2 rings (SSSR count). The normalized spacial score (nSPS) is 22.2. The van der Waals surface area contributed by atoms with Gasteiger partial charge in [-0.1, -0.05) is 15.9 Å². The second-order valence-corrected chi connectivity index (χ2v) is 7.75. The maximum Gasteiger partial charge on any atom is 0.497 e. The molecule has 1 saturated heterocycles. The molecule has 2 heterocycles. The van der Waals surface area contributed by atoms with Gasteiger partial charge in [-0.2, -0.15) is 0 Å². The van der Waals surface area contributed by atoms with Crippen molar-refractivity contribution >= 4 is 39.8 Å². The number of hydrogen-bond donors (Lipinski definition) is 0. The Kier molecular flexibility index (Phi) is 3.27. The summed E-state index contributed by atoms with van der Waals surface area (Å²) in [6.45, 7) is 12.5. The minimum atomic E-state index is -0.278. The maximum absolute atomic E-state index is 6.08. The number of hydrogen-bond acceptors (Lipinski definition) is 3. The van der Waals surface area contributed by atoms with E-state index in [1.165, 1.54) is 9.75 Å². The van der Waals surface area contributed by atoms with E-state index in [0.29, 0.717) is 0 Å². The van der Waals surface area contributed by atoms with Gasteiger partial charge in [-0.05, 0) is 41.5 Å². The van der Waals surface area contributed by atoms with Gasteiger partial charge in [0.15, 0.2) is 0 Å². The molecular weight excluding hydrogens is 299 g/mol. The van der Waals surface area contributed by atoms with E-state index < -0.39 is 0 Å². The maximum atomic E-state index is 6.08. The summed E-state index contributed by atoms with van der Waals surface area (Å²) in [4.78, 5) is 2.53. The minimum absolute atomic E-state index is 0.265. The highest BCUT2D eigenvalue weighted by Crippen LogP contribution is 2.38. The van der Waals surface area contributed by atoms with Crippen LogP contribution in [-0.4, -0.2) is 18.3 Å². The van der Waals surface area contributed by atoms with E-state index in [1.807, 2.05) is 0 Å². The van der Waals surface area contributed by atoms with E-state index in [-0.39, 0.29) is 18.3 Å². The summed E-state index contributed by atoms with van der Waals surface area (Å²) >= 11 is 5.41. The molecule has 0 aromatic carbocycles. The Hall–Kier alpha value is 0.165. The number of thiophene rings is 1. The van der Waals surface area contributed by atoms with E-state index in [4.69, 9.17) is 9.31 Å². The highest BCUT2D eigenvalue weighted by atomic mass is 79.9. The molecule has 0 bridgehead atoms. The third-order valence-corrected chi connectivity index (χ3v) is 6.04. The van der Waals surface area contributed by atoms with Crippen molar-refractivity contribution in [2.45, 2.75) is 52.7 Å². The second kappa shape index (κ2) is 4.09. The van der Waals surface area contributed by atoms with Crippen molar-refractivity contribution in [3.8, 4) is 0 Å². The monoisotopic (exact) mass is 316 g/mol. The zero-order valence-corrected chi connectivity index (χ0v) is 13.6. The van der Waals surface area contributed by atoms with E-state index in [1.54, 1.807) is 11.3 Å². The summed E-state index contributed by atoms with van der Waals surface area (Å²) in [6.07, 6.45) is 0. The molecule has 17 heavy (non-hydrogen) atoms. The zero-order valence-electron chi connectivity index (χ0n) is 11.2. The first-order chi connectivity index (χ1) is 7.66. The Morgan fingerprint density at radius 1 is 1.00 bits per heavy atom. The number of aryl methyl sites for hydroxylation is 2. The molecule has 1 aliphatic rings. The molecule has 0 spiro atoms. The Bertz CT molecular complexity index is 438. The van der Waals surface area contributed by atoms with Crippen molar-refractivity contribution in [2.75, 3.05) is 0 Å². The van der Waals surface area contributed by atoms with Crippen LogP contribution in [0.5, 0.6) is 0 Å². The van der Waals surface area contributed by atoms with E-state index in [9.17, 15) is 0 Å². The van der Waals surface area contributed by atoms with Crippen molar-refractivity contribution in [2.24, 2.45) is 0 Å². The van der Waals surface area contributed by atoms with Gasteiger partial charge in [-0.25, -0.2) is 0 Å². The van der Waals surface area contributed by atoms with Crippen LogP contribution >= 0.6 is 27.3 Å². The van der Waals surface area contributed by atoms with Crippen LogP contribution in [-0.2, 0) is 9.31 Å². The minimum Gasteiger partial charge on any atom is -0.399 e. The lowest BCUT2D eigenvalue weighted by Gasteiger charge is -2.32. The summed E-state index contributed by atoms with van der Waals surface area (Å²) in [5.74, 6) is 0. The van der Waals surface area contributed by atoms with Gasteiger partial charge in [0.25, 0.3) is 0 Å². The van der Waals surface area contributed by atoms with Crippen molar-refractivity contribution in [1.82, 2.24) is 0 Å². The van der Waals surface area contributed by atoms with Gasteiger partial charge in [-0.15, -0.1) is 11.3 Å². The smallest absolute Gasteiger partial charge is 0.399 e. The largest absolute Gasteiger partial charge is 0.497 e. The molecule has 94 valence electrons. The van der Waals surface area contributed by atoms with Crippen LogP contribution in [0.2, 0.25) is 0 Å². The summed E-state index contributed by atoms with van der Waals surface area (Å²) < 4.78 is 13.3. The first-order valence-electron chi connectivity index (χ1n) is 5.77. The number of rotatable bonds is 1. The summed E-state index contributed by atoms with van der Waals surface area (Å²) in [6, 6.07) is 0. The third-order valence-electron chi connectivity index (χ3n) is 3.72. The SMILES string of the molecule is Cc1sc(C)c(B2OC(C)(C)C(C)(C)O2)c1Br. The highest BCUT2D eigenvalue weighted by molar-refractivity contribution is 9.10. The van der Waals surface area contributed by atoms with Crippen LogP contribution in [0.25, 0.3) is 0 Å². The predicted molar refractivity (Wildman–Crippen MR) is 77.2 cm³/mol. The Morgan fingerprint density at radius 3 is 1.82 bits per heavy atom. The van der Waals surface area contributed by atoms with Crippen LogP contribution in [0.3, 0.4) is 0 Å². The summed E-state index contributed by atoms with van der Waals surface area (Å²) in [5.41, 5.74) is 0.588. The molecular formula is C12H18BBrO2S. The molecule has 0 N–H and O–H groups in total. The molecule has 0 aliphatic carbocycles. The van der Waals surface area contributed by atoms with Crippen molar-refractivity contribution in [3.63, 3.8) is 0 Å². The molecule has 1 aromatic heterocycles. The average Bonchev–Trinajstić information content (AvgIpc) is 2.49. The van der Waals surface area contributed by atoms with Gasteiger partial charge in [0.2, 0.25) is 0 Å². The van der Waals surface area contributed by atoms with Crippen LogP contribution in [0.1, 0.15) is 37.4 Å². The van der Waals surface area contributed by atoms with E-state index in [2.05, 4.69) is 57.5 Å². The van der Waals surface area contributed by atoms with Gasteiger partial charge in [0, 0.05) is 19.7 Å². The van der Waals surface area contributed by atoms with Gasteiger partial charge >= 0.3 is 7.12 Å². The summed E-state index contributed by atoms with van der Waals surface area (Å²) in [5, 5.41) is 0. The average molecular weight is 317 g/mol. The molecule has 0 saturated carbocycles. The molecule has 0 unspecified atom stereocenters. The van der Waals surface area contributed by atoms with Gasteiger partial charge in [0.1, 0.15) is 0 Å². The van der Waals surface area contributed by atoms with Gasteiger partial charge < -0.3 is 9.31 Å². The Morgan fingerprint density at radius 2 is 1.47 bits per heavy atom. The van der Waals surface area contributed by atoms with E-state index in [0.717, 1.165) is 9.94 Å². The van der Waals surface area contributed by atoms with Crippen LogP contribution in [0, 0.1) is 13.8 Å². The standard InChI is InChI=1S/C12H18BBrO2S/c1-7-9(10(14)8(2)17-7)13-15-11(3,4)12(5,6)16-13/h1-6H3. The quantitative estimate of drug-likeness (QED) is 0.739. The third kappa shape index (κ3) is 2.11. The molecule has 0 atom stereocenters. The molecule has 0 radical (unpaired) electrons. The molecule has 1 aromatic rings. The molecule has 0 amide bonds. The van der Waals surface area contributed by atoms with Crippen LogP contribution < -0.4 is 5.46 Å². The fourth-order valence-electron chi connectivity index (χ4n) is 1.90. The fraction of sp³-hybridized carbons (Fsp3) is 0.667. The topological polar surface area (TPSA) is 18.5 Å². The lowest BCUT2D eigenvalue weighted by atomic mass is 9.79. The summed E-state index contributed by atoms with van der Waals surface area (Å²) in [7, 11) is -0.265. The Labute approximate surface area is 116 Å². The van der Waals surface area contributed by atoms with Gasteiger partial charge in [-0.3, -0.25) is 0 Å². The van der Waals surface area contributed by atoms with Crippen molar-refractivity contribution in [1.29, 1.82) is 0 Å². The highest BCUT2D eigenvalue weighted by Gasteiger charge is 2.52. The first kappa shape index (κ1) is 13.6. The first-order valence-corrected chi connectivity index (χ1v) is 7.38.